The Hall–Kier alpha value is -1.10. The topological polar surface area (TPSA) is 63.6 Å². The van der Waals surface area contributed by atoms with Gasteiger partial charge >= 0.3 is 11.9 Å². The first-order chi connectivity index (χ1) is 8.44. The molecule has 0 heterocycles. The molecular formula is C14H26O4Si. The highest BCUT2D eigenvalue weighted by Crippen LogP contribution is 2.41. The number of hydrogen-bond donors (Lipinski definition) is 1. The van der Waals surface area contributed by atoms with Gasteiger partial charge in [0.05, 0.1) is 6.61 Å². The molecule has 0 saturated heterocycles. The molecule has 0 bridgehead atoms. The minimum Gasteiger partial charge on any atom is -0.478 e. The van der Waals surface area contributed by atoms with E-state index in [9.17, 15) is 9.59 Å². The molecule has 0 amide bonds. The van der Waals surface area contributed by atoms with Gasteiger partial charge in [-0.3, -0.25) is 0 Å². The zero-order valence-corrected chi connectivity index (χ0v) is 13.8. The summed E-state index contributed by atoms with van der Waals surface area (Å²) in [5, 5.41) is 8.40. The maximum Gasteiger partial charge on any atom is 0.331 e. The number of carboxylic acids is 1. The summed E-state index contributed by atoms with van der Waals surface area (Å²) >= 11 is 0. The van der Waals surface area contributed by atoms with E-state index in [1.807, 2.05) is 0 Å². The summed E-state index contributed by atoms with van der Waals surface area (Å²) in [7, 11) is -1.33. The molecular weight excluding hydrogens is 260 g/mol. The summed E-state index contributed by atoms with van der Waals surface area (Å²) in [4.78, 5) is 21.5. The minimum absolute atomic E-state index is 0.188. The number of carboxylic acid groups (broad SMARTS) is 1. The molecule has 0 aliphatic heterocycles. The molecule has 0 fully saturated rings. The van der Waals surface area contributed by atoms with Crippen molar-refractivity contribution in [2.24, 2.45) is 5.41 Å². The molecule has 1 atom stereocenters. The molecule has 0 radical (unpaired) electrons. The summed E-state index contributed by atoms with van der Waals surface area (Å²) in [5.74, 6) is -1.74. The van der Waals surface area contributed by atoms with E-state index in [0.717, 1.165) is 18.6 Å². The molecule has 1 N–H and O–H groups in total. The second-order valence-electron chi connectivity index (χ2n) is 6.91. The highest BCUT2D eigenvalue weighted by atomic mass is 28.3. The fourth-order valence-electron chi connectivity index (χ4n) is 2.63. The number of carbonyl (C=O) groups excluding carboxylic acids is 1. The lowest BCUT2D eigenvalue weighted by Gasteiger charge is -2.39. The highest BCUT2D eigenvalue weighted by molar-refractivity contribution is 6.77. The summed E-state index contributed by atoms with van der Waals surface area (Å²) in [6.45, 7) is 13.9. The van der Waals surface area contributed by atoms with Crippen molar-refractivity contribution in [1.82, 2.24) is 0 Å². The predicted molar refractivity (Wildman–Crippen MR) is 78.9 cm³/mol. The molecule has 0 spiro atoms. The molecule has 0 rings (SSSR count). The predicted octanol–water partition coefficient (Wildman–Crippen LogP) is 3.32. The maximum atomic E-state index is 11.3. The number of esters is 1. The van der Waals surface area contributed by atoms with Crippen molar-refractivity contribution < 1.29 is 19.4 Å². The van der Waals surface area contributed by atoms with Crippen LogP contribution in [0.25, 0.3) is 0 Å². The maximum absolute atomic E-state index is 11.3. The number of rotatable bonds is 6. The zero-order chi connectivity index (χ0) is 15.3. The molecule has 110 valence electrons. The lowest BCUT2D eigenvalue weighted by atomic mass is 9.90. The van der Waals surface area contributed by atoms with E-state index in [-0.39, 0.29) is 5.41 Å². The van der Waals surface area contributed by atoms with E-state index < -0.39 is 20.0 Å². The van der Waals surface area contributed by atoms with Gasteiger partial charge in [0.1, 0.15) is 0 Å². The van der Waals surface area contributed by atoms with E-state index in [2.05, 4.69) is 40.4 Å². The van der Waals surface area contributed by atoms with Gasteiger partial charge in [-0.25, -0.2) is 9.59 Å². The molecule has 0 saturated carbocycles. The summed E-state index contributed by atoms with van der Waals surface area (Å²) < 4.78 is 5.05. The smallest absolute Gasteiger partial charge is 0.331 e. The van der Waals surface area contributed by atoms with E-state index in [0.29, 0.717) is 12.1 Å². The Bertz CT molecular complexity index is 333. The van der Waals surface area contributed by atoms with Crippen molar-refractivity contribution >= 4 is 20.0 Å². The Morgan fingerprint density at radius 2 is 1.74 bits per heavy atom. The first-order valence-corrected chi connectivity index (χ1v) is 10.1. The lowest BCUT2D eigenvalue weighted by molar-refractivity contribution is -0.139. The van der Waals surface area contributed by atoms with Crippen LogP contribution in [-0.4, -0.2) is 31.7 Å². The lowest BCUT2D eigenvalue weighted by Crippen LogP contribution is -2.37. The summed E-state index contributed by atoms with van der Waals surface area (Å²) in [6, 6.07) is 0. The molecule has 0 aliphatic carbocycles. The van der Waals surface area contributed by atoms with Crippen LogP contribution in [0.5, 0.6) is 0 Å². The zero-order valence-electron chi connectivity index (χ0n) is 12.8. The van der Waals surface area contributed by atoms with Gasteiger partial charge in [0.25, 0.3) is 0 Å². The summed E-state index contributed by atoms with van der Waals surface area (Å²) in [5.41, 5.74) is 0.726. The summed E-state index contributed by atoms with van der Waals surface area (Å²) in [6.07, 6.45) is 2.57. The standard InChI is InChI=1S/C14H26O4Si/c1-14(2,3)11(19(4,5)6)9-10-18-13(17)8-7-12(15)16/h7-8,11H,9-10H2,1-6H3,(H,15,16). The third kappa shape index (κ3) is 7.82. The van der Waals surface area contributed by atoms with Crippen molar-refractivity contribution in [1.29, 1.82) is 0 Å². The van der Waals surface area contributed by atoms with Crippen LogP contribution in [0.4, 0.5) is 0 Å². The molecule has 19 heavy (non-hydrogen) atoms. The monoisotopic (exact) mass is 286 g/mol. The molecule has 4 nitrogen and oxygen atoms in total. The van der Waals surface area contributed by atoms with Crippen LogP contribution in [0.2, 0.25) is 25.2 Å². The van der Waals surface area contributed by atoms with E-state index >= 15 is 0 Å². The van der Waals surface area contributed by atoms with E-state index in [1.54, 1.807) is 0 Å². The fourth-order valence-corrected chi connectivity index (χ4v) is 6.21. The average Bonchev–Trinajstić information content (AvgIpc) is 2.17. The Kier molecular flexibility index (Phi) is 6.49. The highest BCUT2D eigenvalue weighted by Gasteiger charge is 2.35. The third-order valence-electron chi connectivity index (χ3n) is 3.10. The second-order valence-corrected chi connectivity index (χ2v) is 12.3. The third-order valence-corrected chi connectivity index (χ3v) is 6.35. The molecule has 0 aromatic rings. The van der Waals surface area contributed by atoms with Crippen LogP contribution in [0.3, 0.4) is 0 Å². The molecule has 0 aromatic carbocycles. The largest absolute Gasteiger partial charge is 0.478 e. The average molecular weight is 286 g/mol. The molecule has 0 aliphatic rings. The second kappa shape index (κ2) is 6.89. The number of aliphatic carboxylic acids is 1. The first kappa shape index (κ1) is 17.9. The van der Waals surface area contributed by atoms with Crippen molar-refractivity contribution in [3.8, 4) is 0 Å². The van der Waals surface area contributed by atoms with Gasteiger partial charge in [-0.15, -0.1) is 0 Å². The number of carbonyl (C=O) groups is 2. The van der Waals surface area contributed by atoms with E-state index in [4.69, 9.17) is 9.84 Å². The van der Waals surface area contributed by atoms with Crippen LogP contribution in [0.1, 0.15) is 27.2 Å². The van der Waals surface area contributed by atoms with Gasteiger partial charge in [0, 0.05) is 20.2 Å². The Balaban J connectivity index is 4.37. The van der Waals surface area contributed by atoms with Gasteiger partial charge in [-0.05, 0) is 17.4 Å². The molecule has 0 aromatic heterocycles. The Morgan fingerprint density at radius 3 is 2.11 bits per heavy atom. The van der Waals surface area contributed by atoms with E-state index in [1.165, 1.54) is 0 Å². The van der Waals surface area contributed by atoms with Gasteiger partial charge in [-0.2, -0.15) is 0 Å². The Morgan fingerprint density at radius 1 is 1.21 bits per heavy atom. The van der Waals surface area contributed by atoms with Crippen molar-refractivity contribution in [2.45, 2.75) is 52.4 Å². The van der Waals surface area contributed by atoms with Gasteiger partial charge < -0.3 is 9.84 Å². The number of hydrogen-bond acceptors (Lipinski definition) is 3. The van der Waals surface area contributed by atoms with Gasteiger partial charge in [0.15, 0.2) is 0 Å². The molecule has 5 heteroatoms. The minimum atomic E-state index is -1.33. The quantitative estimate of drug-likeness (QED) is 0.462. The molecule has 1 unspecified atom stereocenters. The Labute approximate surface area is 116 Å². The first-order valence-electron chi connectivity index (χ1n) is 6.52. The SMILES string of the molecule is CC(C)(C)C(CCOC(=O)C=CC(=O)O)[Si](C)(C)C. The van der Waals surface area contributed by atoms with Crippen LogP contribution in [0, 0.1) is 5.41 Å². The van der Waals surface area contributed by atoms with Crippen LogP contribution in [-0.2, 0) is 14.3 Å². The normalized spacial score (nSPS) is 14.4. The van der Waals surface area contributed by atoms with Crippen LogP contribution >= 0.6 is 0 Å². The van der Waals surface area contributed by atoms with Gasteiger partial charge in [0.2, 0.25) is 0 Å². The fraction of sp³-hybridized carbons (Fsp3) is 0.714. The number of ether oxygens (including phenoxy) is 1. The van der Waals surface area contributed by atoms with Crippen molar-refractivity contribution in [3.05, 3.63) is 12.2 Å². The van der Waals surface area contributed by atoms with Crippen molar-refractivity contribution in [3.63, 3.8) is 0 Å². The van der Waals surface area contributed by atoms with Gasteiger partial charge in [-0.1, -0.05) is 40.4 Å². The van der Waals surface area contributed by atoms with Crippen LogP contribution < -0.4 is 0 Å². The van der Waals surface area contributed by atoms with Crippen LogP contribution in [0.15, 0.2) is 12.2 Å². The van der Waals surface area contributed by atoms with Crippen molar-refractivity contribution in [2.75, 3.05) is 6.61 Å².